The molecule has 0 fully saturated rings. The zero-order valence-corrected chi connectivity index (χ0v) is 17.7. The van der Waals surface area contributed by atoms with E-state index in [1.165, 1.54) is 12.1 Å². The number of carbonyl (C=O) groups is 1. The monoisotopic (exact) mass is 441 g/mol. The second kappa shape index (κ2) is 8.02. The molecule has 3 rings (SSSR count). The van der Waals surface area contributed by atoms with Gasteiger partial charge in [0.1, 0.15) is 23.7 Å². The van der Waals surface area contributed by atoms with E-state index in [2.05, 4.69) is 0 Å². The van der Waals surface area contributed by atoms with Crippen molar-refractivity contribution >= 4 is 17.5 Å². The van der Waals surface area contributed by atoms with Gasteiger partial charge in [0.15, 0.2) is 0 Å². The molecule has 4 nitrogen and oxygen atoms in total. The SMILES string of the molecule is C[C@@H](Cc1ccc(OCc2cc(Cl)cc3c2OC(C)(C)C3)c(C(F)(F)F)c1)C(N)=O. The maximum atomic E-state index is 13.6. The summed E-state index contributed by atoms with van der Waals surface area (Å²) in [6, 6.07) is 7.20. The first-order valence-corrected chi connectivity index (χ1v) is 9.86. The number of alkyl halides is 3. The predicted octanol–water partition coefficient (Wildman–Crippen LogP) is 5.32. The van der Waals surface area contributed by atoms with Crippen molar-refractivity contribution in [3.63, 3.8) is 0 Å². The topological polar surface area (TPSA) is 61.6 Å². The number of ether oxygens (including phenoxy) is 2. The molecule has 2 aromatic rings. The standard InChI is InChI=1S/C22H23ClF3NO3/c1-12(20(27)28)6-13-4-5-18(17(7-13)22(24,25)26)29-11-15-9-16(23)8-14-10-21(2,3)30-19(14)15/h4-5,7-9,12H,6,10-11H2,1-3H3,(H2,27,28)/t12-/m0/s1. The van der Waals surface area contributed by atoms with Gasteiger partial charge in [-0.05, 0) is 55.7 Å². The quantitative estimate of drug-likeness (QED) is 0.660. The molecule has 0 radical (unpaired) electrons. The van der Waals surface area contributed by atoms with Crippen molar-refractivity contribution in [3.05, 3.63) is 57.6 Å². The Morgan fingerprint density at radius 1 is 1.30 bits per heavy atom. The lowest BCUT2D eigenvalue weighted by molar-refractivity contribution is -0.139. The molecule has 1 amide bonds. The number of primary amides is 1. The summed E-state index contributed by atoms with van der Waals surface area (Å²) in [6.45, 7) is 5.30. The van der Waals surface area contributed by atoms with Gasteiger partial charge in [0.2, 0.25) is 5.91 Å². The Hall–Kier alpha value is -2.41. The highest BCUT2D eigenvalue weighted by Crippen LogP contribution is 2.41. The van der Waals surface area contributed by atoms with Crippen LogP contribution in [0.5, 0.6) is 11.5 Å². The van der Waals surface area contributed by atoms with Crippen LogP contribution in [0.3, 0.4) is 0 Å². The van der Waals surface area contributed by atoms with E-state index in [4.69, 9.17) is 26.8 Å². The first kappa shape index (κ1) is 22.3. The van der Waals surface area contributed by atoms with Gasteiger partial charge in [-0.25, -0.2) is 0 Å². The van der Waals surface area contributed by atoms with Crippen LogP contribution in [0.1, 0.15) is 43.0 Å². The fourth-order valence-electron chi connectivity index (χ4n) is 3.51. The molecule has 1 aliphatic heterocycles. The Balaban J connectivity index is 1.87. The van der Waals surface area contributed by atoms with Crippen LogP contribution in [0.25, 0.3) is 0 Å². The van der Waals surface area contributed by atoms with Crippen molar-refractivity contribution < 1.29 is 27.4 Å². The number of benzene rings is 2. The van der Waals surface area contributed by atoms with Crippen LogP contribution in [-0.4, -0.2) is 11.5 Å². The average molecular weight is 442 g/mol. The van der Waals surface area contributed by atoms with E-state index < -0.39 is 29.2 Å². The number of rotatable bonds is 6. The first-order chi connectivity index (χ1) is 13.9. The summed E-state index contributed by atoms with van der Waals surface area (Å²) in [6.07, 6.45) is -3.85. The molecule has 2 N–H and O–H groups in total. The predicted molar refractivity (Wildman–Crippen MR) is 108 cm³/mol. The van der Waals surface area contributed by atoms with Gasteiger partial charge in [-0.3, -0.25) is 4.79 Å². The molecule has 0 spiro atoms. The Morgan fingerprint density at radius 3 is 2.63 bits per heavy atom. The van der Waals surface area contributed by atoms with Gasteiger partial charge in [-0.2, -0.15) is 13.2 Å². The van der Waals surface area contributed by atoms with E-state index in [9.17, 15) is 18.0 Å². The lowest BCUT2D eigenvalue weighted by Gasteiger charge is -2.19. The zero-order valence-electron chi connectivity index (χ0n) is 16.9. The first-order valence-electron chi connectivity index (χ1n) is 9.48. The fraction of sp³-hybridized carbons (Fsp3) is 0.409. The van der Waals surface area contributed by atoms with Gasteiger partial charge in [0, 0.05) is 22.9 Å². The van der Waals surface area contributed by atoms with Crippen LogP contribution < -0.4 is 15.2 Å². The van der Waals surface area contributed by atoms with Crippen LogP contribution in [0.4, 0.5) is 13.2 Å². The maximum Gasteiger partial charge on any atom is 0.419 e. The summed E-state index contributed by atoms with van der Waals surface area (Å²) in [7, 11) is 0. The van der Waals surface area contributed by atoms with Crippen LogP contribution in [-0.2, 0) is 30.4 Å². The molecule has 162 valence electrons. The lowest BCUT2D eigenvalue weighted by atomic mass is 9.98. The zero-order chi connectivity index (χ0) is 22.3. The van der Waals surface area contributed by atoms with Crippen LogP contribution in [0, 0.1) is 5.92 Å². The molecule has 8 heteroatoms. The molecule has 0 aromatic heterocycles. The summed E-state index contributed by atoms with van der Waals surface area (Å²) < 4.78 is 52.4. The minimum Gasteiger partial charge on any atom is -0.488 e. The van der Waals surface area contributed by atoms with Crippen molar-refractivity contribution in [1.82, 2.24) is 0 Å². The highest BCUT2D eigenvalue weighted by Gasteiger charge is 2.36. The summed E-state index contributed by atoms with van der Waals surface area (Å²) in [5, 5.41) is 0.473. The third kappa shape index (κ3) is 5.01. The van der Waals surface area contributed by atoms with E-state index in [1.54, 1.807) is 19.1 Å². The molecule has 1 atom stereocenters. The summed E-state index contributed by atoms with van der Waals surface area (Å²) >= 11 is 6.17. The van der Waals surface area contributed by atoms with Crippen molar-refractivity contribution in [3.8, 4) is 11.5 Å². The van der Waals surface area contributed by atoms with E-state index in [-0.39, 0.29) is 18.8 Å². The number of nitrogens with two attached hydrogens (primary N) is 1. The van der Waals surface area contributed by atoms with E-state index in [0.29, 0.717) is 28.3 Å². The normalized spacial score (nSPS) is 16.0. The Morgan fingerprint density at radius 2 is 2.00 bits per heavy atom. The van der Waals surface area contributed by atoms with Crippen LogP contribution >= 0.6 is 11.6 Å². The highest BCUT2D eigenvalue weighted by atomic mass is 35.5. The molecule has 1 heterocycles. The number of hydrogen-bond acceptors (Lipinski definition) is 3. The van der Waals surface area contributed by atoms with Gasteiger partial charge in [-0.15, -0.1) is 0 Å². The summed E-state index contributed by atoms with van der Waals surface area (Å²) in [5.41, 5.74) is 5.73. The number of amides is 1. The van der Waals surface area contributed by atoms with Crippen molar-refractivity contribution in [2.24, 2.45) is 11.7 Å². The van der Waals surface area contributed by atoms with Gasteiger partial charge >= 0.3 is 6.18 Å². The Labute approximate surface area is 178 Å². The second-order valence-electron chi connectivity index (χ2n) is 8.22. The third-order valence-electron chi connectivity index (χ3n) is 4.96. The summed E-state index contributed by atoms with van der Waals surface area (Å²) in [5.74, 6) is -0.845. The second-order valence-corrected chi connectivity index (χ2v) is 8.65. The van der Waals surface area contributed by atoms with Crippen molar-refractivity contribution in [2.75, 3.05) is 0 Å². The molecule has 1 aliphatic rings. The lowest BCUT2D eigenvalue weighted by Crippen LogP contribution is -2.25. The average Bonchev–Trinajstić information content (AvgIpc) is 2.93. The van der Waals surface area contributed by atoms with Crippen molar-refractivity contribution in [1.29, 1.82) is 0 Å². The fourth-order valence-corrected chi connectivity index (χ4v) is 3.78. The molecule has 30 heavy (non-hydrogen) atoms. The molecule has 0 saturated carbocycles. The molecule has 0 saturated heterocycles. The molecule has 0 aliphatic carbocycles. The van der Waals surface area contributed by atoms with E-state index >= 15 is 0 Å². The Kier molecular flexibility index (Phi) is 5.96. The van der Waals surface area contributed by atoms with Crippen LogP contribution in [0.15, 0.2) is 30.3 Å². The number of halogens is 4. The molecular weight excluding hydrogens is 419 g/mol. The molecule has 2 aromatic carbocycles. The van der Waals surface area contributed by atoms with E-state index in [0.717, 1.165) is 11.6 Å². The number of fused-ring (bicyclic) bond motifs is 1. The van der Waals surface area contributed by atoms with Gasteiger partial charge in [0.05, 0.1) is 5.56 Å². The minimum atomic E-state index is -4.62. The Bertz CT molecular complexity index is 973. The minimum absolute atomic E-state index is 0.115. The van der Waals surface area contributed by atoms with Crippen LogP contribution in [0.2, 0.25) is 5.02 Å². The molecule has 0 unspecified atom stereocenters. The highest BCUT2D eigenvalue weighted by molar-refractivity contribution is 6.30. The smallest absolute Gasteiger partial charge is 0.419 e. The largest absolute Gasteiger partial charge is 0.488 e. The number of carbonyl (C=O) groups excluding carboxylic acids is 1. The third-order valence-corrected chi connectivity index (χ3v) is 5.18. The van der Waals surface area contributed by atoms with Gasteiger partial charge in [-0.1, -0.05) is 24.6 Å². The van der Waals surface area contributed by atoms with Gasteiger partial charge in [0.25, 0.3) is 0 Å². The summed E-state index contributed by atoms with van der Waals surface area (Å²) in [4.78, 5) is 11.2. The molecule has 0 bridgehead atoms. The molecular formula is C22H23ClF3NO3. The van der Waals surface area contributed by atoms with E-state index in [1.807, 2.05) is 13.8 Å². The van der Waals surface area contributed by atoms with Crippen molar-refractivity contribution in [2.45, 2.75) is 52.0 Å². The maximum absolute atomic E-state index is 13.6. The van der Waals surface area contributed by atoms with Gasteiger partial charge < -0.3 is 15.2 Å². The number of hydrogen-bond donors (Lipinski definition) is 1.